The van der Waals surface area contributed by atoms with E-state index >= 15 is 0 Å². The molecule has 0 saturated heterocycles. The van der Waals surface area contributed by atoms with Gasteiger partial charge in [-0.25, -0.2) is 0 Å². The molecule has 0 aliphatic heterocycles. The highest BCUT2D eigenvalue weighted by atomic mass is 35.5. The molecule has 3 heteroatoms. The molecule has 2 aromatic carbocycles. The van der Waals surface area contributed by atoms with E-state index in [4.69, 9.17) is 16.3 Å². The van der Waals surface area contributed by atoms with Gasteiger partial charge in [0.1, 0.15) is 12.4 Å². The molecule has 1 N–H and O–H groups in total. The fraction of sp³-hybridized carbons (Fsp3) is 0.250. The molecule has 0 aromatic heterocycles. The molecule has 1 atom stereocenters. The standard InChI is InChI=1S/C16H18ClNO/c1-13(14-7-3-2-4-8-14)18-11-12-19-16-10-6-5-9-15(16)17/h2-10,13,18H,11-12H2,1H3. The average molecular weight is 276 g/mol. The lowest BCUT2D eigenvalue weighted by Crippen LogP contribution is -2.24. The summed E-state index contributed by atoms with van der Waals surface area (Å²) in [6, 6.07) is 18.2. The molecule has 0 bridgehead atoms. The summed E-state index contributed by atoms with van der Waals surface area (Å²) < 4.78 is 5.63. The summed E-state index contributed by atoms with van der Waals surface area (Å²) in [5.74, 6) is 0.735. The fourth-order valence-electron chi connectivity index (χ4n) is 1.86. The third-order valence-electron chi connectivity index (χ3n) is 2.95. The van der Waals surface area contributed by atoms with E-state index in [1.807, 2.05) is 42.5 Å². The van der Waals surface area contributed by atoms with Crippen molar-refractivity contribution in [2.24, 2.45) is 0 Å². The van der Waals surface area contributed by atoms with Crippen molar-refractivity contribution in [1.82, 2.24) is 5.32 Å². The zero-order chi connectivity index (χ0) is 13.5. The van der Waals surface area contributed by atoms with E-state index in [0.29, 0.717) is 17.7 Å². The molecule has 0 fully saturated rings. The Morgan fingerprint density at radius 3 is 2.47 bits per heavy atom. The Morgan fingerprint density at radius 1 is 1.05 bits per heavy atom. The second-order valence-electron chi connectivity index (χ2n) is 4.37. The lowest BCUT2D eigenvalue weighted by Gasteiger charge is -2.14. The zero-order valence-electron chi connectivity index (χ0n) is 11.0. The minimum atomic E-state index is 0.316. The highest BCUT2D eigenvalue weighted by Crippen LogP contribution is 2.22. The van der Waals surface area contributed by atoms with Crippen molar-refractivity contribution >= 4 is 11.6 Å². The van der Waals surface area contributed by atoms with Crippen LogP contribution >= 0.6 is 11.6 Å². The van der Waals surface area contributed by atoms with Gasteiger partial charge in [0, 0.05) is 12.6 Å². The predicted octanol–water partition coefficient (Wildman–Crippen LogP) is 4.07. The van der Waals surface area contributed by atoms with Gasteiger partial charge in [-0.2, -0.15) is 0 Å². The van der Waals surface area contributed by atoms with E-state index in [1.165, 1.54) is 5.56 Å². The van der Waals surface area contributed by atoms with Crippen LogP contribution in [0.25, 0.3) is 0 Å². The first-order chi connectivity index (χ1) is 9.27. The van der Waals surface area contributed by atoms with Gasteiger partial charge in [-0.3, -0.25) is 0 Å². The van der Waals surface area contributed by atoms with Gasteiger partial charge in [-0.15, -0.1) is 0 Å². The minimum absolute atomic E-state index is 0.316. The maximum absolute atomic E-state index is 6.02. The van der Waals surface area contributed by atoms with Crippen LogP contribution in [0, 0.1) is 0 Å². The van der Waals surface area contributed by atoms with Crippen LogP contribution < -0.4 is 10.1 Å². The Morgan fingerprint density at radius 2 is 1.74 bits per heavy atom. The highest BCUT2D eigenvalue weighted by molar-refractivity contribution is 6.32. The summed E-state index contributed by atoms with van der Waals surface area (Å²) >= 11 is 6.02. The van der Waals surface area contributed by atoms with Crippen LogP contribution in [-0.4, -0.2) is 13.2 Å². The van der Waals surface area contributed by atoms with Crippen LogP contribution in [0.2, 0.25) is 5.02 Å². The monoisotopic (exact) mass is 275 g/mol. The molecule has 2 nitrogen and oxygen atoms in total. The Hall–Kier alpha value is -1.51. The molecule has 2 rings (SSSR count). The first-order valence-corrected chi connectivity index (χ1v) is 6.81. The Bertz CT molecular complexity index is 501. The first-order valence-electron chi connectivity index (χ1n) is 6.43. The zero-order valence-corrected chi connectivity index (χ0v) is 11.7. The summed E-state index contributed by atoms with van der Waals surface area (Å²) in [4.78, 5) is 0. The largest absolute Gasteiger partial charge is 0.491 e. The van der Waals surface area contributed by atoms with Crippen molar-refractivity contribution in [3.8, 4) is 5.75 Å². The van der Waals surface area contributed by atoms with Crippen molar-refractivity contribution < 1.29 is 4.74 Å². The lowest BCUT2D eigenvalue weighted by atomic mass is 10.1. The molecule has 0 aliphatic rings. The van der Waals surface area contributed by atoms with Crippen LogP contribution in [0.1, 0.15) is 18.5 Å². The third-order valence-corrected chi connectivity index (χ3v) is 3.26. The molecule has 0 aliphatic carbocycles. The van der Waals surface area contributed by atoms with E-state index in [9.17, 15) is 0 Å². The SMILES string of the molecule is CC(NCCOc1ccccc1Cl)c1ccccc1. The molecule has 0 spiro atoms. The number of para-hydroxylation sites is 1. The van der Waals surface area contributed by atoms with Gasteiger partial charge in [-0.05, 0) is 24.6 Å². The van der Waals surface area contributed by atoms with Gasteiger partial charge in [0.2, 0.25) is 0 Å². The van der Waals surface area contributed by atoms with E-state index in [2.05, 4.69) is 24.4 Å². The van der Waals surface area contributed by atoms with Crippen molar-refractivity contribution in [2.75, 3.05) is 13.2 Å². The quantitative estimate of drug-likeness (QED) is 0.803. The Kier molecular flexibility index (Phi) is 5.25. The molecular weight excluding hydrogens is 258 g/mol. The summed E-state index contributed by atoms with van der Waals surface area (Å²) in [6.07, 6.45) is 0. The molecule has 100 valence electrons. The highest BCUT2D eigenvalue weighted by Gasteiger charge is 2.04. The van der Waals surface area contributed by atoms with Gasteiger partial charge >= 0.3 is 0 Å². The number of rotatable bonds is 6. The van der Waals surface area contributed by atoms with Crippen molar-refractivity contribution in [2.45, 2.75) is 13.0 Å². The second-order valence-corrected chi connectivity index (χ2v) is 4.77. The number of nitrogens with one attached hydrogen (secondary N) is 1. The maximum Gasteiger partial charge on any atom is 0.137 e. The first kappa shape index (κ1) is 13.9. The molecule has 1 unspecified atom stereocenters. The van der Waals surface area contributed by atoms with Crippen molar-refractivity contribution in [3.63, 3.8) is 0 Å². The van der Waals surface area contributed by atoms with Gasteiger partial charge in [0.05, 0.1) is 5.02 Å². The topological polar surface area (TPSA) is 21.3 Å². The van der Waals surface area contributed by atoms with Crippen LogP contribution in [0.15, 0.2) is 54.6 Å². The van der Waals surface area contributed by atoms with E-state index < -0.39 is 0 Å². The van der Waals surface area contributed by atoms with Crippen molar-refractivity contribution in [1.29, 1.82) is 0 Å². The normalized spacial score (nSPS) is 12.1. The number of benzene rings is 2. The molecule has 2 aromatic rings. The number of halogens is 1. The van der Waals surface area contributed by atoms with Crippen LogP contribution in [-0.2, 0) is 0 Å². The lowest BCUT2D eigenvalue weighted by molar-refractivity contribution is 0.308. The molecular formula is C16H18ClNO. The number of hydrogen-bond acceptors (Lipinski definition) is 2. The molecule has 19 heavy (non-hydrogen) atoms. The maximum atomic E-state index is 6.02. The summed E-state index contributed by atoms with van der Waals surface area (Å²) in [5.41, 5.74) is 1.28. The van der Waals surface area contributed by atoms with Gasteiger partial charge < -0.3 is 10.1 Å². The molecule has 0 radical (unpaired) electrons. The van der Waals surface area contributed by atoms with E-state index in [1.54, 1.807) is 0 Å². The summed E-state index contributed by atoms with van der Waals surface area (Å²) in [5, 5.41) is 4.07. The average Bonchev–Trinajstić information content (AvgIpc) is 2.46. The Balaban J connectivity index is 1.74. The molecule has 0 amide bonds. The van der Waals surface area contributed by atoms with Crippen LogP contribution in [0.3, 0.4) is 0 Å². The van der Waals surface area contributed by atoms with Crippen molar-refractivity contribution in [3.05, 3.63) is 65.2 Å². The second kappa shape index (κ2) is 7.17. The van der Waals surface area contributed by atoms with E-state index in [-0.39, 0.29) is 0 Å². The molecule has 0 heterocycles. The summed E-state index contributed by atoms with van der Waals surface area (Å²) in [7, 11) is 0. The van der Waals surface area contributed by atoms with Gasteiger partial charge in [0.25, 0.3) is 0 Å². The smallest absolute Gasteiger partial charge is 0.137 e. The third kappa shape index (κ3) is 4.27. The van der Waals surface area contributed by atoms with Crippen LogP contribution in [0.4, 0.5) is 0 Å². The van der Waals surface area contributed by atoms with Crippen LogP contribution in [0.5, 0.6) is 5.75 Å². The fourth-order valence-corrected chi connectivity index (χ4v) is 2.05. The van der Waals surface area contributed by atoms with E-state index in [0.717, 1.165) is 12.3 Å². The Labute approximate surface area is 119 Å². The molecule has 0 saturated carbocycles. The minimum Gasteiger partial charge on any atom is -0.491 e. The number of ether oxygens (including phenoxy) is 1. The van der Waals surface area contributed by atoms with Gasteiger partial charge in [0.15, 0.2) is 0 Å². The van der Waals surface area contributed by atoms with Gasteiger partial charge in [-0.1, -0.05) is 54.1 Å². The predicted molar refractivity (Wildman–Crippen MR) is 79.8 cm³/mol. The summed E-state index contributed by atoms with van der Waals surface area (Å²) in [6.45, 7) is 3.52. The number of hydrogen-bond donors (Lipinski definition) is 1.